The molecule has 1 atom stereocenters. The molecule has 1 unspecified atom stereocenters. The Morgan fingerprint density at radius 3 is 2.88 bits per heavy atom. The first-order valence-corrected chi connectivity index (χ1v) is 5.61. The first-order valence-electron chi connectivity index (χ1n) is 5.61. The van der Waals surface area contributed by atoms with E-state index in [4.69, 9.17) is 0 Å². The largest absolute Gasteiger partial charge is 0.348 e. The maximum atomic E-state index is 12.1. The van der Waals surface area contributed by atoms with E-state index in [0.717, 1.165) is 13.1 Å². The second-order valence-electron chi connectivity index (χ2n) is 4.56. The van der Waals surface area contributed by atoms with Gasteiger partial charge in [0, 0.05) is 27.2 Å². The zero-order valence-electron chi connectivity index (χ0n) is 10.1. The molecule has 86 valence electrons. The monoisotopic (exact) mass is 218 g/mol. The molecule has 16 heavy (non-hydrogen) atoms. The molecule has 0 radical (unpaired) electrons. The molecule has 0 aromatic heterocycles. The van der Waals surface area contributed by atoms with Gasteiger partial charge in [-0.1, -0.05) is 18.2 Å². The third-order valence-electron chi connectivity index (χ3n) is 3.21. The van der Waals surface area contributed by atoms with Gasteiger partial charge >= 0.3 is 0 Å². The molecule has 1 aromatic carbocycles. The summed E-state index contributed by atoms with van der Waals surface area (Å²) in [5.41, 5.74) is 3.74. The Labute approximate surface area is 96.5 Å². The summed E-state index contributed by atoms with van der Waals surface area (Å²) in [4.78, 5) is 13.7. The van der Waals surface area contributed by atoms with Gasteiger partial charge in [0.2, 0.25) is 5.91 Å². The molecule has 0 saturated heterocycles. The number of carbonyl (C=O) groups is 1. The lowest BCUT2D eigenvalue weighted by Gasteiger charge is -2.28. The number of rotatable bonds is 1. The number of aryl methyl sites for hydroxylation is 1. The van der Waals surface area contributed by atoms with Crippen LogP contribution in [0.1, 0.15) is 22.6 Å². The fraction of sp³-hybridized carbons (Fsp3) is 0.462. The van der Waals surface area contributed by atoms with Gasteiger partial charge in [0.05, 0.1) is 5.92 Å². The van der Waals surface area contributed by atoms with Crippen LogP contribution < -0.4 is 5.32 Å². The number of likely N-dealkylation sites (N-methyl/N-ethyl adjacent to an activating group) is 1. The van der Waals surface area contributed by atoms with Crippen molar-refractivity contribution in [2.75, 3.05) is 20.6 Å². The molecule has 1 heterocycles. The Morgan fingerprint density at radius 2 is 2.19 bits per heavy atom. The smallest absolute Gasteiger partial charge is 0.230 e. The van der Waals surface area contributed by atoms with Crippen LogP contribution >= 0.6 is 0 Å². The van der Waals surface area contributed by atoms with Crippen LogP contribution in [0.2, 0.25) is 0 Å². The van der Waals surface area contributed by atoms with Crippen molar-refractivity contribution in [2.24, 2.45) is 0 Å². The lowest BCUT2D eigenvalue weighted by molar-refractivity contribution is -0.130. The minimum absolute atomic E-state index is 0.0290. The summed E-state index contributed by atoms with van der Waals surface area (Å²) in [5.74, 6) is 0.151. The van der Waals surface area contributed by atoms with E-state index < -0.39 is 0 Å². The van der Waals surface area contributed by atoms with Gasteiger partial charge in [-0.3, -0.25) is 4.79 Å². The molecule has 0 aliphatic carbocycles. The molecule has 1 N–H and O–H groups in total. The second-order valence-corrected chi connectivity index (χ2v) is 4.56. The van der Waals surface area contributed by atoms with Gasteiger partial charge in [-0.25, -0.2) is 0 Å². The van der Waals surface area contributed by atoms with E-state index in [1.807, 2.05) is 20.2 Å². The molecule has 0 saturated carbocycles. The van der Waals surface area contributed by atoms with Gasteiger partial charge in [0.25, 0.3) is 0 Å². The molecule has 0 fully saturated rings. The van der Waals surface area contributed by atoms with Crippen LogP contribution in [0.15, 0.2) is 18.2 Å². The van der Waals surface area contributed by atoms with Crippen molar-refractivity contribution in [3.63, 3.8) is 0 Å². The van der Waals surface area contributed by atoms with Crippen molar-refractivity contribution in [3.8, 4) is 0 Å². The van der Waals surface area contributed by atoms with Crippen molar-refractivity contribution in [1.82, 2.24) is 10.2 Å². The van der Waals surface area contributed by atoms with Gasteiger partial charge in [-0.15, -0.1) is 0 Å². The Kier molecular flexibility index (Phi) is 2.97. The van der Waals surface area contributed by atoms with Crippen LogP contribution in [0, 0.1) is 6.92 Å². The minimum Gasteiger partial charge on any atom is -0.348 e. The third-order valence-corrected chi connectivity index (χ3v) is 3.21. The molecule has 0 bridgehead atoms. The summed E-state index contributed by atoms with van der Waals surface area (Å²) in [6.45, 7) is 3.72. The van der Waals surface area contributed by atoms with Crippen LogP contribution in [0.3, 0.4) is 0 Å². The standard InChI is InChI=1S/C13H18N2O/c1-9-5-4-6-10-11(9)7-14-8-12(10)13(16)15(2)3/h4-6,12,14H,7-8H2,1-3H3. The lowest BCUT2D eigenvalue weighted by atomic mass is 9.87. The molecule has 3 heteroatoms. The van der Waals surface area contributed by atoms with Crippen LogP contribution in [0.4, 0.5) is 0 Å². The highest BCUT2D eigenvalue weighted by molar-refractivity contribution is 5.84. The van der Waals surface area contributed by atoms with Crippen LogP contribution in [-0.4, -0.2) is 31.4 Å². The third kappa shape index (κ3) is 1.83. The Morgan fingerprint density at radius 1 is 1.44 bits per heavy atom. The number of carbonyl (C=O) groups excluding carboxylic acids is 1. The minimum atomic E-state index is -0.0290. The molecular formula is C13H18N2O. The SMILES string of the molecule is Cc1cccc2c1CNCC2C(=O)N(C)C. The van der Waals surface area contributed by atoms with Crippen LogP contribution in [0.5, 0.6) is 0 Å². The van der Waals surface area contributed by atoms with Gasteiger partial charge in [-0.05, 0) is 23.6 Å². The predicted octanol–water partition coefficient (Wildman–Crippen LogP) is 1.27. The van der Waals surface area contributed by atoms with Crippen molar-refractivity contribution >= 4 is 5.91 Å². The summed E-state index contributed by atoms with van der Waals surface area (Å²) < 4.78 is 0. The van der Waals surface area contributed by atoms with Crippen LogP contribution in [-0.2, 0) is 11.3 Å². The number of hydrogen-bond donors (Lipinski definition) is 1. The highest BCUT2D eigenvalue weighted by Gasteiger charge is 2.27. The summed E-state index contributed by atoms with van der Waals surface area (Å²) >= 11 is 0. The van der Waals surface area contributed by atoms with Crippen molar-refractivity contribution in [2.45, 2.75) is 19.4 Å². The zero-order valence-corrected chi connectivity index (χ0v) is 10.1. The van der Waals surface area contributed by atoms with Gasteiger partial charge in [0.1, 0.15) is 0 Å². The van der Waals surface area contributed by atoms with E-state index in [9.17, 15) is 4.79 Å². The summed E-state index contributed by atoms with van der Waals surface area (Å²) in [7, 11) is 3.62. The molecule has 1 aliphatic heterocycles. The van der Waals surface area contributed by atoms with E-state index in [0.29, 0.717) is 0 Å². The van der Waals surface area contributed by atoms with Gasteiger partial charge in [0.15, 0.2) is 0 Å². The molecular weight excluding hydrogens is 200 g/mol. The van der Waals surface area contributed by atoms with Gasteiger partial charge in [-0.2, -0.15) is 0 Å². The number of hydrogen-bond acceptors (Lipinski definition) is 2. The predicted molar refractivity (Wildman–Crippen MR) is 64.3 cm³/mol. The second kappa shape index (κ2) is 4.26. The summed E-state index contributed by atoms with van der Waals surface area (Å²) in [5, 5.41) is 3.32. The Balaban J connectivity index is 2.41. The normalized spacial score (nSPS) is 19.1. The highest BCUT2D eigenvalue weighted by Crippen LogP contribution is 2.27. The average molecular weight is 218 g/mol. The highest BCUT2D eigenvalue weighted by atomic mass is 16.2. The van der Waals surface area contributed by atoms with E-state index >= 15 is 0 Å². The topological polar surface area (TPSA) is 32.3 Å². The maximum Gasteiger partial charge on any atom is 0.230 e. The van der Waals surface area contributed by atoms with Crippen molar-refractivity contribution in [3.05, 3.63) is 34.9 Å². The number of nitrogens with one attached hydrogen (secondary N) is 1. The molecule has 2 rings (SSSR count). The first kappa shape index (κ1) is 11.1. The van der Waals surface area contributed by atoms with Crippen LogP contribution in [0.25, 0.3) is 0 Å². The quantitative estimate of drug-likeness (QED) is 0.770. The number of fused-ring (bicyclic) bond motifs is 1. The molecule has 0 spiro atoms. The fourth-order valence-corrected chi connectivity index (χ4v) is 2.28. The Bertz CT molecular complexity index is 412. The molecule has 1 aromatic rings. The lowest BCUT2D eigenvalue weighted by Crippen LogP contribution is -2.38. The number of nitrogens with zero attached hydrogens (tertiary/aromatic N) is 1. The number of amides is 1. The fourth-order valence-electron chi connectivity index (χ4n) is 2.28. The average Bonchev–Trinajstić information content (AvgIpc) is 2.28. The molecule has 1 amide bonds. The molecule has 3 nitrogen and oxygen atoms in total. The van der Waals surface area contributed by atoms with E-state index in [1.54, 1.807) is 4.90 Å². The van der Waals surface area contributed by atoms with E-state index in [2.05, 4.69) is 24.4 Å². The summed E-state index contributed by atoms with van der Waals surface area (Å²) in [6, 6.07) is 6.22. The van der Waals surface area contributed by atoms with Crippen molar-refractivity contribution in [1.29, 1.82) is 0 Å². The zero-order chi connectivity index (χ0) is 11.7. The first-order chi connectivity index (χ1) is 7.61. The number of benzene rings is 1. The van der Waals surface area contributed by atoms with Crippen molar-refractivity contribution < 1.29 is 4.79 Å². The summed E-state index contributed by atoms with van der Waals surface area (Å²) in [6.07, 6.45) is 0. The molecule has 1 aliphatic rings. The maximum absolute atomic E-state index is 12.1. The van der Waals surface area contributed by atoms with Gasteiger partial charge < -0.3 is 10.2 Å². The van der Waals surface area contributed by atoms with E-state index in [-0.39, 0.29) is 11.8 Å². The van der Waals surface area contributed by atoms with E-state index in [1.165, 1.54) is 16.7 Å². The Hall–Kier alpha value is -1.35.